The van der Waals surface area contributed by atoms with E-state index in [-0.39, 0.29) is 0 Å². The minimum atomic E-state index is 0.419. The molecule has 0 heterocycles. The van der Waals surface area contributed by atoms with Crippen LogP contribution in [0.4, 0.5) is 11.4 Å². The summed E-state index contributed by atoms with van der Waals surface area (Å²) in [6.07, 6.45) is 0. The molecule has 6 rings (SSSR count). The predicted molar refractivity (Wildman–Crippen MR) is 180 cm³/mol. The van der Waals surface area contributed by atoms with Crippen LogP contribution in [0.2, 0.25) is 0 Å². The maximum absolute atomic E-state index is 6.14. The van der Waals surface area contributed by atoms with Gasteiger partial charge >= 0.3 is 0 Å². The van der Waals surface area contributed by atoms with Crippen molar-refractivity contribution >= 4 is 11.4 Å². The van der Waals surface area contributed by atoms with Gasteiger partial charge in [0.2, 0.25) is 0 Å². The summed E-state index contributed by atoms with van der Waals surface area (Å²) in [5.74, 6) is 2.54. The van der Waals surface area contributed by atoms with Gasteiger partial charge in [0.1, 0.15) is 49.4 Å². The third-order valence-corrected chi connectivity index (χ3v) is 7.00. The molecule has 0 spiro atoms. The Morgan fingerprint density at radius 1 is 0.304 bits per heavy atom. The summed E-state index contributed by atoms with van der Waals surface area (Å²) in [6.45, 7) is 1.68. The fourth-order valence-electron chi connectivity index (χ4n) is 4.64. The maximum atomic E-state index is 6.14. The molecule has 6 heteroatoms. The van der Waals surface area contributed by atoms with E-state index >= 15 is 0 Å². The molecule has 0 radical (unpaired) electrons. The molecule has 0 aliphatic heterocycles. The zero-order valence-corrected chi connectivity index (χ0v) is 25.4. The smallest absolute Gasteiger partial charge is 0.125 e. The number of hydrogen-bond donors (Lipinski definition) is 0. The molecule has 0 N–H and O–H groups in total. The van der Waals surface area contributed by atoms with E-state index in [2.05, 4.69) is 10.2 Å². The molecule has 6 aromatic rings. The molecule has 46 heavy (non-hydrogen) atoms. The van der Waals surface area contributed by atoms with E-state index in [9.17, 15) is 0 Å². The first-order valence-electron chi connectivity index (χ1n) is 15.1. The Hall–Kier alpha value is -5.88. The SMILES string of the molecule is c1ccc(COc2cc(N=Nc3cc(OCc4ccccc4)cc(OCc4ccccc4)c3)cc(OCc3ccccc3)c2)cc1. The normalized spacial score (nSPS) is 10.9. The van der Waals surface area contributed by atoms with Crippen LogP contribution in [0.3, 0.4) is 0 Å². The van der Waals surface area contributed by atoms with Crippen LogP contribution >= 0.6 is 0 Å². The molecule has 0 saturated heterocycles. The van der Waals surface area contributed by atoms with Gasteiger partial charge in [0.05, 0.1) is 11.4 Å². The van der Waals surface area contributed by atoms with Gasteiger partial charge in [-0.15, -0.1) is 0 Å². The van der Waals surface area contributed by atoms with Crippen LogP contribution in [0.15, 0.2) is 168 Å². The molecule has 0 unspecified atom stereocenters. The van der Waals surface area contributed by atoms with E-state index in [0.717, 1.165) is 22.3 Å². The fourth-order valence-corrected chi connectivity index (χ4v) is 4.64. The quantitative estimate of drug-likeness (QED) is 0.116. The first kappa shape index (κ1) is 30.2. The van der Waals surface area contributed by atoms with Gasteiger partial charge in [0.25, 0.3) is 0 Å². The largest absolute Gasteiger partial charge is 0.489 e. The minimum Gasteiger partial charge on any atom is -0.489 e. The van der Waals surface area contributed by atoms with Gasteiger partial charge in [0.15, 0.2) is 0 Å². The number of ether oxygens (including phenoxy) is 4. The van der Waals surface area contributed by atoms with Crippen LogP contribution in [0.5, 0.6) is 23.0 Å². The summed E-state index contributed by atoms with van der Waals surface area (Å²) >= 11 is 0. The highest BCUT2D eigenvalue weighted by molar-refractivity contribution is 5.53. The number of hydrogen-bond acceptors (Lipinski definition) is 6. The van der Waals surface area contributed by atoms with Gasteiger partial charge in [-0.1, -0.05) is 121 Å². The Bertz CT molecular complexity index is 1570. The van der Waals surface area contributed by atoms with Crippen LogP contribution in [0.1, 0.15) is 22.3 Å². The molecule has 0 aliphatic rings. The lowest BCUT2D eigenvalue weighted by Crippen LogP contribution is -1.98. The first-order chi connectivity index (χ1) is 22.7. The number of nitrogens with zero attached hydrogens (tertiary/aromatic N) is 2. The van der Waals surface area contributed by atoms with Crippen LogP contribution in [-0.2, 0) is 26.4 Å². The van der Waals surface area contributed by atoms with E-state index in [1.54, 1.807) is 0 Å². The second kappa shape index (κ2) is 15.7. The topological polar surface area (TPSA) is 61.6 Å². The van der Waals surface area contributed by atoms with Crippen molar-refractivity contribution in [2.24, 2.45) is 10.2 Å². The second-order valence-electron chi connectivity index (χ2n) is 10.6. The average Bonchev–Trinajstić information content (AvgIpc) is 3.12. The summed E-state index contributed by atoms with van der Waals surface area (Å²) < 4.78 is 24.6. The monoisotopic (exact) mass is 606 g/mol. The molecular formula is C40H34N2O4. The first-order valence-corrected chi connectivity index (χ1v) is 15.1. The van der Waals surface area contributed by atoms with Crippen molar-refractivity contribution in [3.63, 3.8) is 0 Å². The van der Waals surface area contributed by atoms with Crippen molar-refractivity contribution in [3.05, 3.63) is 180 Å². The predicted octanol–water partition coefficient (Wildman–Crippen LogP) is 10.4. The minimum absolute atomic E-state index is 0.419. The van der Waals surface area contributed by atoms with Crippen LogP contribution in [0, 0.1) is 0 Å². The molecular weight excluding hydrogens is 572 g/mol. The lowest BCUT2D eigenvalue weighted by molar-refractivity contribution is 0.290. The van der Waals surface area contributed by atoms with Crippen molar-refractivity contribution in [1.29, 1.82) is 0 Å². The molecule has 0 fully saturated rings. The van der Waals surface area contributed by atoms with Gasteiger partial charge < -0.3 is 18.9 Å². The standard InChI is InChI=1S/C40H34N2O4/c1-5-13-31(14-6-1)27-43-37-21-35(22-38(25-37)44-28-32-15-7-2-8-16-32)41-42-36-23-39(45-29-33-17-9-3-10-18-33)26-40(24-36)46-30-34-19-11-4-12-20-34/h1-26H,27-30H2. The number of benzene rings is 6. The number of azo groups is 1. The van der Waals surface area contributed by atoms with Gasteiger partial charge in [-0.2, -0.15) is 10.2 Å². The molecule has 0 amide bonds. The molecule has 0 atom stereocenters. The second-order valence-corrected chi connectivity index (χ2v) is 10.6. The Morgan fingerprint density at radius 2 is 0.543 bits per heavy atom. The summed E-state index contributed by atoms with van der Waals surface area (Å²) in [6, 6.07) is 51.3. The Kier molecular flexibility index (Phi) is 10.3. The van der Waals surface area contributed by atoms with E-state index < -0.39 is 0 Å². The maximum Gasteiger partial charge on any atom is 0.125 e. The highest BCUT2D eigenvalue weighted by atomic mass is 16.5. The van der Waals surface area contributed by atoms with Crippen molar-refractivity contribution in [2.45, 2.75) is 26.4 Å². The molecule has 0 saturated carbocycles. The highest BCUT2D eigenvalue weighted by Crippen LogP contribution is 2.33. The molecule has 0 aromatic heterocycles. The van der Waals surface area contributed by atoms with Crippen LogP contribution < -0.4 is 18.9 Å². The van der Waals surface area contributed by atoms with Crippen molar-refractivity contribution < 1.29 is 18.9 Å². The third-order valence-electron chi connectivity index (χ3n) is 7.00. The van der Waals surface area contributed by atoms with Crippen molar-refractivity contribution in [3.8, 4) is 23.0 Å². The zero-order valence-electron chi connectivity index (χ0n) is 25.4. The third kappa shape index (κ3) is 9.31. The van der Waals surface area contributed by atoms with E-state index in [4.69, 9.17) is 18.9 Å². The number of rotatable bonds is 14. The van der Waals surface area contributed by atoms with Gasteiger partial charge in [-0.25, -0.2) is 0 Å². The zero-order chi connectivity index (χ0) is 31.2. The van der Waals surface area contributed by atoms with E-state index in [1.807, 2.05) is 158 Å². The lowest BCUT2D eigenvalue weighted by atomic mass is 10.2. The molecule has 0 aliphatic carbocycles. The van der Waals surface area contributed by atoms with E-state index in [1.165, 1.54) is 0 Å². The van der Waals surface area contributed by atoms with Crippen LogP contribution in [0.25, 0.3) is 0 Å². The van der Waals surface area contributed by atoms with Crippen LogP contribution in [-0.4, -0.2) is 0 Å². The Balaban J connectivity index is 1.24. The van der Waals surface area contributed by atoms with Gasteiger partial charge in [-0.3, -0.25) is 0 Å². The molecule has 6 nitrogen and oxygen atoms in total. The Morgan fingerprint density at radius 3 is 0.783 bits per heavy atom. The molecule has 228 valence electrons. The highest BCUT2D eigenvalue weighted by Gasteiger charge is 2.08. The van der Waals surface area contributed by atoms with Crippen molar-refractivity contribution in [2.75, 3.05) is 0 Å². The van der Waals surface area contributed by atoms with Gasteiger partial charge in [-0.05, 0) is 22.3 Å². The summed E-state index contributed by atoms with van der Waals surface area (Å²) in [5, 5.41) is 9.16. The van der Waals surface area contributed by atoms with Gasteiger partial charge in [0, 0.05) is 36.4 Å². The fraction of sp³-hybridized carbons (Fsp3) is 0.100. The summed E-state index contributed by atoms with van der Waals surface area (Å²) in [4.78, 5) is 0. The summed E-state index contributed by atoms with van der Waals surface area (Å²) in [5.41, 5.74) is 5.45. The lowest BCUT2D eigenvalue weighted by Gasteiger charge is -2.12. The molecule has 0 bridgehead atoms. The van der Waals surface area contributed by atoms with Crippen molar-refractivity contribution in [1.82, 2.24) is 0 Å². The average molecular weight is 607 g/mol. The summed E-state index contributed by atoms with van der Waals surface area (Å²) in [7, 11) is 0. The Labute approximate surface area is 269 Å². The molecule has 6 aromatic carbocycles. The van der Waals surface area contributed by atoms with E-state index in [0.29, 0.717) is 60.8 Å².